The van der Waals surface area contributed by atoms with Crippen LogP contribution >= 0.6 is 23.2 Å². The Balaban J connectivity index is 1.25. The van der Waals surface area contributed by atoms with Crippen LogP contribution in [-0.2, 0) is 29.6 Å². The third-order valence-electron chi connectivity index (χ3n) is 7.25. The Bertz CT molecular complexity index is 1980. The molecule has 0 saturated heterocycles. The summed E-state index contributed by atoms with van der Waals surface area (Å²) in [6, 6.07) is 20.3. The summed E-state index contributed by atoms with van der Waals surface area (Å²) >= 11 is 12.4. The molecule has 0 spiro atoms. The number of carbonyl (C=O) groups is 2. The first-order chi connectivity index (χ1) is 22.7. The molecule has 0 bridgehead atoms. The zero-order chi connectivity index (χ0) is 34.8. The molecule has 1 aliphatic carbocycles. The smallest absolute Gasteiger partial charge is 0.263 e. The lowest BCUT2D eigenvalue weighted by Gasteiger charge is -2.13. The largest absolute Gasteiger partial charge is 0.497 e. The summed E-state index contributed by atoms with van der Waals surface area (Å²) in [6.45, 7) is 3.82. The van der Waals surface area contributed by atoms with E-state index in [-0.39, 0.29) is 42.6 Å². The van der Waals surface area contributed by atoms with Crippen LogP contribution in [0.4, 0.5) is 22.7 Å². The number of rotatable bonds is 12. The second kappa shape index (κ2) is 13.8. The highest BCUT2D eigenvalue weighted by molar-refractivity contribution is 7.93. The van der Waals surface area contributed by atoms with Crippen molar-refractivity contribution >= 4 is 77.8 Å². The fourth-order valence-electron chi connectivity index (χ4n) is 4.71. The van der Waals surface area contributed by atoms with E-state index in [0.717, 1.165) is 0 Å². The zero-order valence-electron chi connectivity index (χ0n) is 25.3. The quantitative estimate of drug-likeness (QED) is 0.129. The molecule has 4 aromatic rings. The van der Waals surface area contributed by atoms with Gasteiger partial charge in [-0.3, -0.25) is 19.0 Å². The monoisotopic (exact) mass is 730 g/mol. The van der Waals surface area contributed by atoms with E-state index >= 15 is 0 Å². The minimum absolute atomic E-state index is 0.0781. The van der Waals surface area contributed by atoms with Crippen LogP contribution in [0.3, 0.4) is 0 Å². The fraction of sp³-hybridized carbons (Fsp3) is 0.125. The average molecular weight is 732 g/mol. The summed E-state index contributed by atoms with van der Waals surface area (Å²) in [6.07, 6.45) is 0. The lowest BCUT2D eigenvalue weighted by molar-refractivity contribution is -0.122. The molecule has 4 aromatic carbocycles. The van der Waals surface area contributed by atoms with Crippen LogP contribution < -0.4 is 29.6 Å². The molecule has 2 amide bonds. The summed E-state index contributed by atoms with van der Waals surface area (Å²) < 4.78 is 67.4. The molecule has 0 heterocycles. The number of hydrogen-bond donors (Lipinski definition) is 4. The predicted molar refractivity (Wildman–Crippen MR) is 184 cm³/mol. The van der Waals surface area contributed by atoms with Crippen LogP contribution in [0, 0.1) is 11.8 Å². The topological polar surface area (TPSA) is 169 Å². The first kappa shape index (κ1) is 34.6. The number of hydrogen-bond acceptors (Lipinski definition) is 8. The molecular weight excluding hydrogens is 703 g/mol. The number of ether oxygens (including phenoxy) is 2. The first-order valence-electron chi connectivity index (χ1n) is 14.0. The molecule has 0 aliphatic heterocycles. The van der Waals surface area contributed by atoms with E-state index in [1.54, 1.807) is 24.3 Å². The maximum Gasteiger partial charge on any atom is 0.263 e. The van der Waals surface area contributed by atoms with E-state index in [1.807, 2.05) is 0 Å². The molecule has 16 heteroatoms. The van der Waals surface area contributed by atoms with Gasteiger partial charge in [-0.2, -0.15) is 0 Å². The molecule has 48 heavy (non-hydrogen) atoms. The van der Waals surface area contributed by atoms with Crippen molar-refractivity contribution < 1.29 is 35.9 Å². The van der Waals surface area contributed by atoms with Crippen molar-refractivity contribution in [1.82, 2.24) is 0 Å². The lowest BCUT2D eigenvalue weighted by Crippen LogP contribution is -2.21. The van der Waals surface area contributed by atoms with Crippen LogP contribution in [0.5, 0.6) is 11.5 Å². The standard InChI is InChI=1S/C32H28Cl2N4O8S2/c1-18-29(31(39)35-21-8-14-25(33)27(16-21)47(41,42)37-19-4-10-23(45-2)11-5-19)30(18)32(40)36-22-9-15-26(34)28(17-22)48(43,44)38-20-6-12-24(46-3)13-7-20/h4-17,29-30,37-38H,1H2,2-3H3,(H,35,39)(H,36,40). The van der Waals surface area contributed by atoms with Gasteiger partial charge < -0.3 is 20.1 Å². The van der Waals surface area contributed by atoms with Gasteiger partial charge >= 0.3 is 0 Å². The van der Waals surface area contributed by atoms with Crippen molar-refractivity contribution in [3.05, 3.63) is 107 Å². The zero-order valence-corrected chi connectivity index (χ0v) is 28.4. The SMILES string of the molecule is C=C1C(C(=O)Nc2ccc(Cl)c(S(=O)(=O)Nc3ccc(OC)cc3)c2)C1C(=O)Nc1ccc(Cl)c(S(=O)(=O)Nc2ccc(OC)cc2)c1. The molecule has 0 aromatic heterocycles. The number of sulfonamides is 2. The molecule has 2 atom stereocenters. The van der Waals surface area contributed by atoms with Crippen LogP contribution in [0.15, 0.2) is 107 Å². The number of halogens is 2. The highest BCUT2D eigenvalue weighted by atomic mass is 35.5. The molecule has 2 unspecified atom stereocenters. The van der Waals surface area contributed by atoms with Crippen LogP contribution in [0.1, 0.15) is 0 Å². The molecular formula is C32H28Cl2N4O8S2. The van der Waals surface area contributed by atoms with Gasteiger partial charge in [-0.25, -0.2) is 16.8 Å². The molecule has 250 valence electrons. The van der Waals surface area contributed by atoms with Gasteiger partial charge in [0.05, 0.1) is 36.1 Å². The van der Waals surface area contributed by atoms with Crippen LogP contribution in [-0.4, -0.2) is 42.9 Å². The number of anilines is 4. The second-order valence-corrected chi connectivity index (χ2v) is 14.6. The fourth-order valence-corrected chi connectivity index (χ4v) is 7.88. The molecule has 1 aliphatic rings. The third kappa shape index (κ3) is 7.68. The minimum atomic E-state index is -4.15. The molecule has 5 rings (SSSR count). The van der Waals surface area contributed by atoms with E-state index in [0.29, 0.717) is 17.1 Å². The number of amides is 2. The molecule has 12 nitrogen and oxygen atoms in total. The van der Waals surface area contributed by atoms with Crippen molar-refractivity contribution in [3.8, 4) is 11.5 Å². The third-order valence-corrected chi connectivity index (χ3v) is 11.0. The summed E-state index contributed by atoms with van der Waals surface area (Å²) in [4.78, 5) is 25.7. The average Bonchev–Trinajstić information content (AvgIpc) is 3.74. The Hall–Kier alpha value is -4.76. The van der Waals surface area contributed by atoms with Crippen molar-refractivity contribution in [2.45, 2.75) is 9.79 Å². The molecule has 4 N–H and O–H groups in total. The van der Waals surface area contributed by atoms with Gasteiger partial charge in [-0.15, -0.1) is 0 Å². The Morgan fingerprint density at radius 2 is 0.938 bits per heavy atom. The van der Waals surface area contributed by atoms with Crippen molar-refractivity contribution in [2.24, 2.45) is 11.8 Å². The number of carbonyl (C=O) groups excluding carboxylic acids is 2. The number of benzene rings is 4. The molecule has 1 fully saturated rings. The maximum absolute atomic E-state index is 13.1. The highest BCUT2D eigenvalue weighted by Gasteiger charge is 2.52. The van der Waals surface area contributed by atoms with Crippen molar-refractivity contribution in [2.75, 3.05) is 34.3 Å². The lowest BCUT2D eigenvalue weighted by atomic mass is 10.2. The van der Waals surface area contributed by atoms with Gasteiger partial charge in [0, 0.05) is 22.7 Å². The normalized spacial score (nSPS) is 15.6. The van der Waals surface area contributed by atoms with E-state index in [1.165, 1.54) is 74.9 Å². The van der Waals surface area contributed by atoms with Gasteiger partial charge in [0.25, 0.3) is 20.0 Å². The van der Waals surface area contributed by atoms with E-state index in [9.17, 15) is 26.4 Å². The van der Waals surface area contributed by atoms with Crippen LogP contribution in [0.25, 0.3) is 0 Å². The summed E-state index contributed by atoms with van der Waals surface area (Å²) in [5.41, 5.74) is 1.09. The number of nitrogens with one attached hydrogen (secondary N) is 4. The minimum Gasteiger partial charge on any atom is -0.497 e. The van der Waals surface area contributed by atoms with Crippen LogP contribution in [0.2, 0.25) is 10.0 Å². The summed E-state index contributed by atoms with van der Waals surface area (Å²) in [7, 11) is -5.33. The Morgan fingerprint density at radius 3 is 1.27 bits per heavy atom. The number of methoxy groups -OCH3 is 2. The predicted octanol–water partition coefficient (Wildman–Crippen LogP) is 5.99. The molecule has 1 saturated carbocycles. The van der Waals surface area contributed by atoms with E-state index in [4.69, 9.17) is 32.7 Å². The second-order valence-electron chi connectivity index (χ2n) is 10.5. The Labute approximate surface area is 287 Å². The van der Waals surface area contributed by atoms with E-state index in [2.05, 4.69) is 26.7 Å². The maximum atomic E-state index is 13.1. The Morgan fingerprint density at radius 1 is 0.604 bits per heavy atom. The van der Waals surface area contributed by atoms with Crippen molar-refractivity contribution in [1.29, 1.82) is 0 Å². The molecule has 0 radical (unpaired) electrons. The van der Waals surface area contributed by atoms with E-state index < -0.39 is 43.7 Å². The van der Waals surface area contributed by atoms with Gasteiger partial charge in [-0.1, -0.05) is 35.4 Å². The Kier molecular flexibility index (Phi) is 9.91. The van der Waals surface area contributed by atoms with Gasteiger partial charge in [0.2, 0.25) is 11.8 Å². The van der Waals surface area contributed by atoms with Gasteiger partial charge in [0.1, 0.15) is 21.3 Å². The first-order valence-corrected chi connectivity index (χ1v) is 17.7. The highest BCUT2D eigenvalue weighted by Crippen LogP contribution is 2.46. The summed E-state index contributed by atoms with van der Waals surface area (Å²) in [5.74, 6) is -1.97. The van der Waals surface area contributed by atoms with Gasteiger partial charge in [0.15, 0.2) is 0 Å². The van der Waals surface area contributed by atoms with Crippen molar-refractivity contribution in [3.63, 3.8) is 0 Å². The van der Waals surface area contributed by atoms with Gasteiger partial charge in [-0.05, 0) is 84.9 Å². The summed E-state index contributed by atoms with van der Waals surface area (Å²) in [5, 5.41) is 5.06.